The molecule has 1 aromatic heterocycles. The number of amides is 2. The summed E-state index contributed by atoms with van der Waals surface area (Å²) in [6, 6.07) is 5.36. The summed E-state index contributed by atoms with van der Waals surface area (Å²) >= 11 is 1.14. The Bertz CT molecular complexity index is 700. The molecule has 1 fully saturated rings. The maximum Gasteiger partial charge on any atom is 0.253 e. The molecule has 0 bridgehead atoms. The third-order valence-corrected chi connectivity index (χ3v) is 4.45. The maximum absolute atomic E-state index is 12.5. The van der Waals surface area contributed by atoms with Crippen molar-refractivity contribution in [2.45, 2.75) is 19.8 Å². The summed E-state index contributed by atoms with van der Waals surface area (Å²) in [6.07, 6.45) is 1.64. The molecule has 1 unspecified atom stereocenters. The van der Waals surface area contributed by atoms with Crippen LogP contribution in [0, 0.1) is 5.92 Å². The molecule has 0 spiro atoms. The Balaban J connectivity index is 1.67. The first-order valence-corrected chi connectivity index (χ1v) is 8.21. The molecule has 1 saturated heterocycles. The van der Waals surface area contributed by atoms with E-state index in [1.807, 2.05) is 13.0 Å². The zero-order chi connectivity index (χ0) is 15.5. The van der Waals surface area contributed by atoms with Crippen molar-refractivity contribution in [3.63, 3.8) is 0 Å². The molecule has 6 nitrogen and oxygen atoms in total. The summed E-state index contributed by atoms with van der Waals surface area (Å²) in [6.45, 7) is 3.82. The number of carbonyl (C=O) groups is 2. The largest absolute Gasteiger partial charge is 0.356 e. The average Bonchev–Trinajstić information content (AvgIpc) is 3.19. The number of nitrogens with zero attached hydrogens (tertiary/aromatic N) is 3. The van der Waals surface area contributed by atoms with Gasteiger partial charge in [0.2, 0.25) is 5.91 Å². The van der Waals surface area contributed by atoms with E-state index in [-0.39, 0.29) is 17.7 Å². The number of fused-ring (bicyclic) bond motifs is 1. The lowest BCUT2D eigenvalue weighted by Gasteiger charge is -2.16. The van der Waals surface area contributed by atoms with Crippen LogP contribution in [-0.2, 0) is 4.79 Å². The Kier molecular flexibility index (Phi) is 4.33. The standard InChI is InChI=1S/C15H18N4O2S/c1-2-6-16-14(20)11-5-7-19(9-11)15(21)10-3-4-12-13(8-10)18-22-17-12/h3-4,8,11H,2,5-7,9H2,1H3,(H,16,20). The van der Waals surface area contributed by atoms with Crippen LogP contribution in [0.25, 0.3) is 11.0 Å². The monoisotopic (exact) mass is 318 g/mol. The van der Waals surface area contributed by atoms with E-state index in [4.69, 9.17) is 0 Å². The molecule has 3 rings (SSSR count). The molecule has 22 heavy (non-hydrogen) atoms. The highest BCUT2D eigenvalue weighted by Crippen LogP contribution is 2.21. The van der Waals surface area contributed by atoms with Crippen molar-refractivity contribution >= 4 is 34.6 Å². The van der Waals surface area contributed by atoms with Crippen molar-refractivity contribution in [2.24, 2.45) is 5.92 Å². The second kappa shape index (κ2) is 6.39. The Morgan fingerprint density at radius 2 is 2.18 bits per heavy atom. The molecular weight excluding hydrogens is 300 g/mol. The lowest BCUT2D eigenvalue weighted by Crippen LogP contribution is -2.34. The topological polar surface area (TPSA) is 75.2 Å². The van der Waals surface area contributed by atoms with Crippen LogP contribution >= 0.6 is 11.7 Å². The predicted octanol–water partition coefficient (Wildman–Crippen LogP) is 1.68. The Hall–Kier alpha value is -2.02. The van der Waals surface area contributed by atoms with E-state index in [1.165, 1.54) is 0 Å². The van der Waals surface area contributed by atoms with Gasteiger partial charge >= 0.3 is 0 Å². The van der Waals surface area contributed by atoms with Crippen molar-refractivity contribution in [3.05, 3.63) is 23.8 Å². The van der Waals surface area contributed by atoms with E-state index >= 15 is 0 Å². The minimum absolute atomic E-state index is 0.0410. The molecule has 2 aromatic rings. The minimum atomic E-state index is -0.0971. The van der Waals surface area contributed by atoms with E-state index in [1.54, 1.807) is 17.0 Å². The summed E-state index contributed by atoms with van der Waals surface area (Å²) in [7, 11) is 0. The Morgan fingerprint density at radius 1 is 1.36 bits per heavy atom. The number of hydrogen-bond acceptors (Lipinski definition) is 5. The van der Waals surface area contributed by atoms with Crippen LogP contribution in [0.2, 0.25) is 0 Å². The van der Waals surface area contributed by atoms with E-state index in [0.717, 1.165) is 35.6 Å². The fraction of sp³-hybridized carbons (Fsp3) is 0.467. The maximum atomic E-state index is 12.5. The van der Waals surface area contributed by atoms with Gasteiger partial charge in [0.25, 0.3) is 5.91 Å². The summed E-state index contributed by atoms with van der Waals surface area (Å²) in [5.74, 6) is -0.0860. The molecule has 2 heterocycles. The zero-order valence-electron chi connectivity index (χ0n) is 12.4. The van der Waals surface area contributed by atoms with Crippen molar-refractivity contribution in [2.75, 3.05) is 19.6 Å². The second-order valence-electron chi connectivity index (χ2n) is 5.50. The van der Waals surface area contributed by atoms with Gasteiger partial charge in [0, 0.05) is 25.2 Å². The first-order valence-electron chi connectivity index (χ1n) is 7.48. The molecule has 7 heteroatoms. The molecular formula is C15H18N4O2S. The van der Waals surface area contributed by atoms with Crippen molar-refractivity contribution < 1.29 is 9.59 Å². The number of hydrogen-bond donors (Lipinski definition) is 1. The van der Waals surface area contributed by atoms with Crippen molar-refractivity contribution in [1.82, 2.24) is 19.0 Å². The first-order chi connectivity index (χ1) is 10.7. The number of aromatic nitrogens is 2. The van der Waals surface area contributed by atoms with Crippen molar-refractivity contribution in [1.29, 1.82) is 0 Å². The highest BCUT2D eigenvalue weighted by atomic mass is 32.1. The highest BCUT2D eigenvalue weighted by Gasteiger charge is 2.31. The van der Waals surface area contributed by atoms with Crippen LogP contribution in [0.4, 0.5) is 0 Å². The van der Waals surface area contributed by atoms with Gasteiger partial charge in [-0.3, -0.25) is 9.59 Å². The van der Waals surface area contributed by atoms with Gasteiger partial charge in [0.1, 0.15) is 11.0 Å². The SMILES string of the molecule is CCCNC(=O)C1CCN(C(=O)c2ccc3nsnc3c2)C1. The van der Waals surface area contributed by atoms with E-state index in [0.29, 0.717) is 25.2 Å². The Morgan fingerprint density at radius 3 is 3.00 bits per heavy atom. The lowest BCUT2D eigenvalue weighted by atomic mass is 10.1. The number of likely N-dealkylation sites (tertiary alicyclic amines) is 1. The van der Waals surface area contributed by atoms with Gasteiger partial charge in [-0.1, -0.05) is 6.92 Å². The number of benzene rings is 1. The number of rotatable bonds is 4. The zero-order valence-corrected chi connectivity index (χ0v) is 13.2. The molecule has 0 radical (unpaired) electrons. The van der Waals surface area contributed by atoms with Crippen LogP contribution in [0.5, 0.6) is 0 Å². The van der Waals surface area contributed by atoms with Crippen LogP contribution in [-0.4, -0.2) is 45.1 Å². The van der Waals surface area contributed by atoms with Gasteiger partial charge in [-0.05, 0) is 31.0 Å². The van der Waals surface area contributed by atoms with Gasteiger partial charge < -0.3 is 10.2 Å². The van der Waals surface area contributed by atoms with Crippen LogP contribution < -0.4 is 5.32 Å². The van der Waals surface area contributed by atoms with Gasteiger partial charge in [0.15, 0.2) is 0 Å². The van der Waals surface area contributed by atoms with Crippen LogP contribution in [0.1, 0.15) is 30.1 Å². The molecule has 1 N–H and O–H groups in total. The summed E-state index contributed by atoms with van der Waals surface area (Å²) < 4.78 is 8.29. The lowest BCUT2D eigenvalue weighted by molar-refractivity contribution is -0.124. The highest BCUT2D eigenvalue weighted by molar-refractivity contribution is 7.00. The first kappa shape index (κ1) is 14.9. The third-order valence-electron chi connectivity index (χ3n) is 3.90. The second-order valence-corrected chi connectivity index (χ2v) is 6.02. The normalized spacial score (nSPS) is 17.9. The molecule has 1 atom stereocenters. The quantitative estimate of drug-likeness (QED) is 0.930. The van der Waals surface area contributed by atoms with Crippen LogP contribution in [0.15, 0.2) is 18.2 Å². The molecule has 1 aromatic carbocycles. The summed E-state index contributed by atoms with van der Waals surface area (Å²) in [5.41, 5.74) is 2.15. The van der Waals surface area contributed by atoms with Gasteiger partial charge in [-0.2, -0.15) is 8.75 Å². The summed E-state index contributed by atoms with van der Waals surface area (Å²) in [5, 5.41) is 2.90. The van der Waals surface area contributed by atoms with Gasteiger partial charge in [-0.25, -0.2) is 0 Å². The molecule has 0 saturated carbocycles. The molecule has 1 aliphatic heterocycles. The Labute approximate surface area is 132 Å². The van der Waals surface area contributed by atoms with Gasteiger partial charge in [0.05, 0.1) is 17.6 Å². The summed E-state index contributed by atoms with van der Waals surface area (Å²) in [4.78, 5) is 26.3. The average molecular weight is 318 g/mol. The fourth-order valence-electron chi connectivity index (χ4n) is 2.65. The molecule has 0 aliphatic carbocycles. The fourth-order valence-corrected chi connectivity index (χ4v) is 3.17. The number of carbonyl (C=O) groups excluding carboxylic acids is 2. The smallest absolute Gasteiger partial charge is 0.253 e. The third kappa shape index (κ3) is 2.94. The minimum Gasteiger partial charge on any atom is -0.356 e. The molecule has 116 valence electrons. The number of nitrogens with one attached hydrogen (secondary N) is 1. The van der Waals surface area contributed by atoms with Gasteiger partial charge in [-0.15, -0.1) is 0 Å². The van der Waals surface area contributed by atoms with Crippen molar-refractivity contribution in [3.8, 4) is 0 Å². The molecule has 1 aliphatic rings. The van der Waals surface area contributed by atoms with Crippen LogP contribution in [0.3, 0.4) is 0 Å². The molecule has 2 amide bonds. The van der Waals surface area contributed by atoms with E-state index < -0.39 is 0 Å². The van der Waals surface area contributed by atoms with E-state index in [2.05, 4.69) is 14.1 Å². The predicted molar refractivity (Wildman–Crippen MR) is 84.7 cm³/mol. The van der Waals surface area contributed by atoms with E-state index in [9.17, 15) is 9.59 Å².